The van der Waals surface area contributed by atoms with Crippen LogP contribution in [0, 0.1) is 5.92 Å². The maximum absolute atomic E-state index is 11.0. The zero-order valence-corrected chi connectivity index (χ0v) is 7.97. The Bertz CT molecular complexity index is 153. The number of hydrogen-bond acceptors (Lipinski definition) is 1. The predicted molar refractivity (Wildman–Crippen MR) is 49.0 cm³/mol. The molecule has 1 rings (SSSR count). The van der Waals surface area contributed by atoms with Gasteiger partial charge in [-0.2, -0.15) is 0 Å². The first kappa shape index (κ1) is 9.36. The molecule has 1 saturated carbocycles. The van der Waals surface area contributed by atoms with Crippen molar-refractivity contribution in [1.82, 2.24) is 10.2 Å². The summed E-state index contributed by atoms with van der Waals surface area (Å²) >= 11 is 0. The Morgan fingerprint density at radius 1 is 1.50 bits per heavy atom. The maximum Gasteiger partial charge on any atom is 0.316 e. The van der Waals surface area contributed by atoms with Gasteiger partial charge in [0.05, 0.1) is 0 Å². The number of nitrogens with zero attached hydrogens (tertiary/aromatic N) is 1. The monoisotopic (exact) mass is 170 g/mol. The standard InChI is InChI=1S/C9H18N2O/c1-11(2)9(12)10-7-6-8-4-3-5-8/h8H,3-7H2,1-2H3,(H,10,12). The molecule has 0 aromatic heterocycles. The quantitative estimate of drug-likeness (QED) is 0.683. The van der Waals surface area contributed by atoms with E-state index in [1.807, 2.05) is 0 Å². The normalized spacial score (nSPS) is 16.8. The average Bonchev–Trinajstić information content (AvgIpc) is 1.93. The minimum Gasteiger partial charge on any atom is -0.338 e. The van der Waals surface area contributed by atoms with Crippen LogP contribution < -0.4 is 5.32 Å². The fraction of sp³-hybridized carbons (Fsp3) is 0.889. The summed E-state index contributed by atoms with van der Waals surface area (Å²) in [5.41, 5.74) is 0. The highest BCUT2D eigenvalue weighted by Gasteiger charge is 2.16. The van der Waals surface area contributed by atoms with Gasteiger partial charge in [0.15, 0.2) is 0 Å². The lowest BCUT2D eigenvalue weighted by Gasteiger charge is -2.25. The van der Waals surface area contributed by atoms with Gasteiger partial charge in [-0.3, -0.25) is 0 Å². The lowest BCUT2D eigenvalue weighted by Crippen LogP contribution is -2.36. The van der Waals surface area contributed by atoms with E-state index < -0.39 is 0 Å². The van der Waals surface area contributed by atoms with Crippen molar-refractivity contribution in [2.75, 3.05) is 20.6 Å². The first-order valence-corrected chi connectivity index (χ1v) is 4.65. The van der Waals surface area contributed by atoms with Crippen molar-refractivity contribution in [3.63, 3.8) is 0 Å². The molecule has 1 aliphatic carbocycles. The van der Waals surface area contributed by atoms with Gasteiger partial charge >= 0.3 is 6.03 Å². The van der Waals surface area contributed by atoms with Gasteiger partial charge in [-0.05, 0) is 12.3 Å². The molecule has 1 aliphatic rings. The van der Waals surface area contributed by atoms with Gasteiger partial charge in [0, 0.05) is 20.6 Å². The van der Waals surface area contributed by atoms with E-state index in [0.29, 0.717) is 0 Å². The summed E-state index contributed by atoms with van der Waals surface area (Å²) in [5.74, 6) is 0.882. The van der Waals surface area contributed by atoms with Gasteiger partial charge in [0.2, 0.25) is 0 Å². The third-order valence-electron chi connectivity index (χ3n) is 2.46. The van der Waals surface area contributed by atoms with Crippen molar-refractivity contribution < 1.29 is 4.79 Å². The van der Waals surface area contributed by atoms with Gasteiger partial charge in [0.1, 0.15) is 0 Å². The van der Waals surface area contributed by atoms with E-state index in [1.54, 1.807) is 19.0 Å². The summed E-state index contributed by atoms with van der Waals surface area (Å²) in [5, 5.41) is 2.87. The molecule has 0 heterocycles. The predicted octanol–water partition coefficient (Wildman–Crippen LogP) is 1.45. The van der Waals surface area contributed by atoms with E-state index in [2.05, 4.69) is 5.32 Å². The summed E-state index contributed by atoms with van der Waals surface area (Å²) in [6, 6.07) is 0.0225. The van der Waals surface area contributed by atoms with Crippen LogP contribution in [0.25, 0.3) is 0 Å². The second-order valence-electron chi connectivity index (χ2n) is 3.71. The van der Waals surface area contributed by atoms with Crippen molar-refractivity contribution >= 4 is 6.03 Å². The van der Waals surface area contributed by atoms with Gasteiger partial charge < -0.3 is 10.2 Å². The largest absolute Gasteiger partial charge is 0.338 e. The van der Waals surface area contributed by atoms with Crippen LogP contribution >= 0.6 is 0 Å². The SMILES string of the molecule is CN(C)C(=O)NCCC1CCC1. The van der Waals surface area contributed by atoms with Gasteiger partial charge in [-0.25, -0.2) is 4.79 Å². The third kappa shape index (κ3) is 2.72. The van der Waals surface area contributed by atoms with Gasteiger partial charge in [-0.1, -0.05) is 19.3 Å². The summed E-state index contributed by atoms with van der Waals surface area (Å²) in [6.45, 7) is 0.835. The van der Waals surface area contributed by atoms with Crippen molar-refractivity contribution in [1.29, 1.82) is 0 Å². The van der Waals surface area contributed by atoms with Crippen LogP contribution in [0.3, 0.4) is 0 Å². The zero-order valence-electron chi connectivity index (χ0n) is 7.97. The molecule has 0 spiro atoms. The number of carbonyl (C=O) groups excluding carboxylic acids is 1. The number of nitrogens with one attached hydrogen (secondary N) is 1. The number of amides is 2. The minimum atomic E-state index is 0.0225. The highest BCUT2D eigenvalue weighted by molar-refractivity contribution is 5.73. The van der Waals surface area contributed by atoms with Crippen LogP contribution in [-0.4, -0.2) is 31.6 Å². The fourth-order valence-electron chi connectivity index (χ4n) is 1.32. The molecular formula is C9H18N2O. The maximum atomic E-state index is 11.0. The van der Waals surface area contributed by atoms with Crippen molar-refractivity contribution in [3.8, 4) is 0 Å². The van der Waals surface area contributed by atoms with Crippen molar-refractivity contribution in [3.05, 3.63) is 0 Å². The number of hydrogen-bond donors (Lipinski definition) is 1. The van der Waals surface area contributed by atoms with Crippen LogP contribution in [0.4, 0.5) is 4.79 Å². The lowest BCUT2D eigenvalue weighted by atomic mass is 9.83. The summed E-state index contributed by atoms with van der Waals surface area (Å²) in [4.78, 5) is 12.6. The zero-order chi connectivity index (χ0) is 8.97. The van der Waals surface area contributed by atoms with Crippen LogP contribution in [0.2, 0.25) is 0 Å². The second-order valence-corrected chi connectivity index (χ2v) is 3.71. The lowest BCUT2D eigenvalue weighted by molar-refractivity contribution is 0.214. The smallest absolute Gasteiger partial charge is 0.316 e. The third-order valence-corrected chi connectivity index (χ3v) is 2.46. The molecule has 0 aliphatic heterocycles. The molecule has 3 heteroatoms. The summed E-state index contributed by atoms with van der Waals surface area (Å²) in [6.07, 6.45) is 5.25. The molecule has 70 valence electrons. The molecule has 0 atom stereocenters. The Balaban J connectivity index is 1.97. The highest BCUT2D eigenvalue weighted by atomic mass is 16.2. The Kier molecular flexibility index (Phi) is 3.38. The Labute approximate surface area is 74.1 Å². The molecule has 0 radical (unpaired) electrons. The molecule has 0 unspecified atom stereocenters. The van der Waals surface area contributed by atoms with Crippen molar-refractivity contribution in [2.45, 2.75) is 25.7 Å². The van der Waals surface area contributed by atoms with Crippen LogP contribution in [-0.2, 0) is 0 Å². The second kappa shape index (κ2) is 4.33. The molecule has 2 amide bonds. The first-order chi connectivity index (χ1) is 5.70. The molecule has 1 N–H and O–H groups in total. The minimum absolute atomic E-state index is 0.0225. The van der Waals surface area contributed by atoms with Crippen LogP contribution in [0.15, 0.2) is 0 Å². The number of urea groups is 1. The Hall–Kier alpha value is -0.730. The first-order valence-electron chi connectivity index (χ1n) is 4.65. The van der Waals surface area contributed by atoms with Crippen molar-refractivity contribution in [2.24, 2.45) is 5.92 Å². The van der Waals surface area contributed by atoms with Crippen LogP contribution in [0.1, 0.15) is 25.7 Å². The Morgan fingerprint density at radius 3 is 2.58 bits per heavy atom. The molecule has 3 nitrogen and oxygen atoms in total. The average molecular weight is 170 g/mol. The van der Waals surface area contributed by atoms with E-state index in [4.69, 9.17) is 0 Å². The molecule has 0 aromatic carbocycles. The van der Waals surface area contributed by atoms with E-state index in [0.717, 1.165) is 18.9 Å². The summed E-state index contributed by atoms with van der Waals surface area (Å²) in [7, 11) is 3.53. The molecule has 0 saturated heterocycles. The molecule has 0 bridgehead atoms. The van der Waals surface area contributed by atoms with Crippen LogP contribution in [0.5, 0.6) is 0 Å². The van der Waals surface area contributed by atoms with E-state index in [1.165, 1.54) is 19.3 Å². The number of carbonyl (C=O) groups is 1. The number of rotatable bonds is 3. The highest BCUT2D eigenvalue weighted by Crippen LogP contribution is 2.28. The molecule has 1 fully saturated rings. The molecule has 0 aromatic rings. The van der Waals surface area contributed by atoms with Gasteiger partial charge in [0.25, 0.3) is 0 Å². The Morgan fingerprint density at radius 2 is 2.17 bits per heavy atom. The van der Waals surface area contributed by atoms with E-state index >= 15 is 0 Å². The van der Waals surface area contributed by atoms with E-state index in [9.17, 15) is 4.79 Å². The summed E-state index contributed by atoms with van der Waals surface area (Å²) < 4.78 is 0. The molecule has 12 heavy (non-hydrogen) atoms. The fourth-order valence-corrected chi connectivity index (χ4v) is 1.32. The van der Waals surface area contributed by atoms with E-state index in [-0.39, 0.29) is 6.03 Å². The topological polar surface area (TPSA) is 32.3 Å². The molecular weight excluding hydrogens is 152 g/mol. The van der Waals surface area contributed by atoms with Gasteiger partial charge in [-0.15, -0.1) is 0 Å².